The summed E-state index contributed by atoms with van der Waals surface area (Å²) < 4.78 is 14.3. The lowest BCUT2D eigenvalue weighted by atomic mass is 10.0. The number of amides is 1. The summed E-state index contributed by atoms with van der Waals surface area (Å²) in [6.45, 7) is 0. The van der Waals surface area contributed by atoms with Gasteiger partial charge in [0.2, 0.25) is 0 Å². The zero-order valence-electron chi connectivity index (χ0n) is 11.3. The van der Waals surface area contributed by atoms with Crippen molar-refractivity contribution >= 4 is 27.7 Å². The minimum absolute atomic E-state index is 0.00482. The van der Waals surface area contributed by atoms with Crippen molar-refractivity contribution in [2.75, 3.05) is 5.32 Å². The molecule has 6 heteroatoms. The first-order chi connectivity index (χ1) is 10.1. The molecule has 4 nitrogen and oxygen atoms in total. The molecule has 1 amide bonds. The zero-order valence-corrected chi connectivity index (χ0v) is 12.9. The quantitative estimate of drug-likeness (QED) is 0.869. The third-order valence-corrected chi connectivity index (χ3v) is 4.30. The zero-order chi connectivity index (χ0) is 14.8. The number of benzene rings is 1. The van der Waals surface area contributed by atoms with Gasteiger partial charge in [-0.1, -0.05) is 28.8 Å². The standard InChI is InChI=1S/C15H15BrFN3O/c16-10-5-6-12(17)11(7-10)15(21)18-14-8-13(19-20-14)9-3-1-2-4-9/h5-9H,1-4H2,(H2,18,19,20,21). The van der Waals surface area contributed by atoms with Crippen molar-refractivity contribution in [3.05, 3.63) is 45.8 Å². The minimum atomic E-state index is -0.553. The Kier molecular flexibility index (Phi) is 4.05. The Balaban J connectivity index is 1.74. The first-order valence-corrected chi connectivity index (χ1v) is 7.74. The van der Waals surface area contributed by atoms with Crippen molar-refractivity contribution in [2.24, 2.45) is 0 Å². The van der Waals surface area contributed by atoms with Crippen LogP contribution >= 0.6 is 15.9 Å². The lowest BCUT2D eigenvalue weighted by Gasteiger charge is -2.04. The number of rotatable bonds is 3. The van der Waals surface area contributed by atoms with E-state index in [1.807, 2.05) is 6.07 Å². The average molecular weight is 352 g/mol. The Bertz CT molecular complexity index is 665. The van der Waals surface area contributed by atoms with E-state index in [9.17, 15) is 9.18 Å². The van der Waals surface area contributed by atoms with Crippen LogP contribution in [0, 0.1) is 5.82 Å². The summed E-state index contributed by atoms with van der Waals surface area (Å²) >= 11 is 3.23. The number of halogens is 2. The molecule has 2 aromatic rings. The molecule has 0 unspecified atom stereocenters. The van der Waals surface area contributed by atoms with E-state index in [0.717, 1.165) is 18.5 Å². The molecule has 110 valence electrons. The molecule has 1 aliphatic carbocycles. The fourth-order valence-corrected chi connectivity index (χ4v) is 3.06. The lowest BCUT2D eigenvalue weighted by molar-refractivity contribution is 0.102. The van der Waals surface area contributed by atoms with Gasteiger partial charge in [0, 0.05) is 22.2 Å². The lowest BCUT2D eigenvalue weighted by Crippen LogP contribution is -2.14. The number of carbonyl (C=O) groups is 1. The summed E-state index contributed by atoms with van der Waals surface area (Å²) in [6, 6.07) is 6.10. The highest BCUT2D eigenvalue weighted by atomic mass is 79.9. The highest BCUT2D eigenvalue weighted by Gasteiger charge is 2.20. The van der Waals surface area contributed by atoms with Crippen LogP contribution in [0.15, 0.2) is 28.7 Å². The maximum absolute atomic E-state index is 13.7. The molecule has 2 N–H and O–H groups in total. The van der Waals surface area contributed by atoms with Gasteiger partial charge < -0.3 is 5.32 Å². The predicted molar refractivity (Wildman–Crippen MR) is 81.8 cm³/mol. The van der Waals surface area contributed by atoms with Gasteiger partial charge in [-0.2, -0.15) is 5.10 Å². The van der Waals surface area contributed by atoms with Crippen molar-refractivity contribution in [3.8, 4) is 0 Å². The number of hydrogen-bond donors (Lipinski definition) is 2. The second kappa shape index (κ2) is 5.97. The Morgan fingerprint density at radius 1 is 1.33 bits per heavy atom. The van der Waals surface area contributed by atoms with Gasteiger partial charge in [-0.15, -0.1) is 0 Å². The molecule has 0 spiro atoms. The van der Waals surface area contributed by atoms with Crippen LogP contribution in [0.25, 0.3) is 0 Å². The van der Waals surface area contributed by atoms with E-state index >= 15 is 0 Å². The number of carbonyl (C=O) groups excluding carboxylic acids is 1. The molecular formula is C15H15BrFN3O. The van der Waals surface area contributed by atoms with Gasteiger partial charge in [0.15, 0.2) is 5.82 Å². The van der Waals surface area contributed by atoms with E-state index in [4.69, 9.17) is 0 Å². The van der Waals surface area contributed by atoms with Crippen LogP contribution in [0.1, 0.15) is 47.7 Å². The number of H-pyrrole nitrogens is 1. The number of nitrogens with one attached hydrogen (secondary N) is 2. The van der Waals surface area contributed by atoms with E-state index in [1.165, 1.54) is 25.0 Å². The molecule has 0 radical (unpaired) electrons. The SMILES string of the molecule is O=C(Nc1cc(C2CCCC2)[nH]n1)c1cc(Br)ccc1F. The Morgan fingerprint density at radius 3 is 2.86 bits per heavy atom. The van der Waals surface area contributed by atoms with E-state index in [-0.39, 0.29) is 5.56 Å². The minimum Gasteiger partial charge on any atom is -0.305 e. The number of aromatic nitrogens is 2. The maximum Gasteiger partial charge on any atom is 0.259 e. The van der Waals surface area contributed by atoms with Gasteiger partial charge in [0.05, 0.1) is 5.56 Å². The number of hydrogen-bond acceptors (Lipinski definition) is 2. The van der Waals surface area contributed by atoms with E-state index < -0.39 is 11.7 Å². The normalized spacial score (nSPS) is 15.3. The number of aromatic amines is 1. The molecular weight excluding hydrogens is 337 g/mol. The summed E-state index contributed by atoms with van der Waals surface area (Å²) in [5, 5.41) is 9.68. The van der Waals surface area contributed by atoms with Gasteiger partial charge in [0.25, 0.3) is 5.91 Å². The number of nitrogens with zero attached hydrogens (tertiary/aromatic N) is 1. The predicted octanol–water partition coefficient (Wildman–Crippen LogP) is 4.22. The van der Waals surface area contributed by atoms with Crippen molar-refractivity contribution in [1.29, 1.82) is 0 Å². The third kappa shape index (κ3) is 3.15. The van der Waals surface area contributed by atoms with Gasteiger partial charge in [-0.05, 0) is 31.0 Å². The van der Waals surface area contributed by atoms with Gasteiger partial charge >= 0.3 is 0 Å². The molecule has 1 saturated carbocycles. The van der Waals surface area contributed by atoms with Crippen LogP contribution in [0.2, 0.25) is 0 Å². The highest BCUT2D eigenvalue weighted by molar-refractivity contribution is 9.10. The second-order valence-electron chi connectivity index (χ2n) is 5.27. The molecule has 3 rings (SSSR count). The summed E-state index contributed by atoms with van der Waals surface area (Å²) in [5.41, 5.74) is 1.03. The average Bonchev–Trinajstić information content (AvgIpc) is 3.11. The fraction of sp³-hybridized carbons (Fsp3) is 0.333. The molecule has 1 aromatic carbocycles. The first-order valence-electron chi connectivity index (χ1n) is 6.95. The van der Waals surface area contributed by atoms with Crippen LogP contribution in [-0.2, 0) is 0 Å². The van der Waals surface area contributed by atoms with Crippen molar-refractivity contribution < 1.29 is 9.18 Å². The molecule has 1 aliphatic rings. The summed E-state index contributed by atoms with van der Waals surface area (Å²) in [7, 11) is 0. The van der Waals surface area contributed by atoms with Crippen molar-refractivity contribution in [3.63, 3.8) is 0 Å². The summed E-state index contributed by atoms with van der Waals surface area (Å²) in [6.07, 6.45) is 4.76. The maximum atomic E-state index is 13.7. The molecule has 0 atom stereocenters. The Hall–Kier alpha value is -1.69. The summed E-state index contributed by atoms with van der Waals surface area (Å²) in [5.74, 6) is -0.132. The Morgan fingerprint density at radius 2 is 2.10 bits per heavy atom. The fourth-order valence-electron chi connectivity index (χ4n) is 2.70. The van der Waals surface area contributed by atoms with Crippen LogP contribution in [0.4, 0.5) is 10.2 Å². The van der Waals surface area contributed by atoms with Gasteiger partial charge in [0.1, 0.15) is 5.82 Å². The topological polar surface area (TPSA) is 57.8 Å². The van der Waals surface area contributed by atoms with Gasteiger partial charge in [-0.3, -0.25) is 9.89 Å². The smallest absolute Gasteiger partial charge is 0.259 e. The van der Waals surface area contributed by atoms with Crippen LogP contribution < -0.4 is 5.32 Å². The van der Waals surface area contributed by atoms with Crippen LogP contribution in [0.3, 0.4) is 0 Å². The van der Waals surface area contributed by atoms with Crippen LogP contribution in [0.5, 0.6) is 0 Å². The highest BCUT2D eigenvalue weighted by Crippen LogP contribution is 2.33. The monoisotopic (exact) mass is 351 g/mol. The Labute approximate surface area is 130 Å². The number of anilines is 1. The van der Waals surface area contributed by atoms with Crippen molar-refractivity contribution in [1.82, 2.24) is 10.2 Å². The third-order valence-electron chi connectivity index (χ3n) is 3.81. The van der Waals surface area contributed by atoms with Crippen molar-refractivity contribution in [2.45, 2.75) is 31.6 Å². The first kappa shape index (κ1) is 14.3. The molecule has 0 bridgehead atoms. The molecule has 21 heavy (non-hydrogen) atoms. The summed E-state index contributed by atoms with van der Waals surface area (Å²) in [4.78, 5) is 12.1. The van der Waals surface area contributed by atoms with E-state index in [2.05, 4.69) is 31.4 Å². The molecule has 1 heterocycles. The largest absolute Gasteiger partial charge is 0.305 e. The van der Waals surface area contributed by atoms with Gasteiger partial charge in [-0.25, -0.2) is 4.39 Å². The molecule has 0 saturated heterocycles. The van der Waals surface area contributed by atoms with E-state index in [1.54, 1.807) is 6.07 Å². The van der Waals surface area contributed by atoms with Crippen LogP contribution in [-0.4, -0.2) is 16.1 Å². The second-order valence-corrected chi connectivity index (χ2v) is 6.18. The molecule has 1 aromatic heterocycles. The molecule has 0 aliphatic heterocycles. The molecule has 1 fully saturated rings. The van der Waals surface area contributed by atoms with E-state index in [0.29, 0.717) is 16.2 Å².